The van der Waals surface area contributed by atoms with Crippen molar-refractivity contribution in [1.82, 2.24) is 19.9 Å². The lowest BCUT2D eigenvalue weighted by atomic mass is 10.2. The third-order valence-corrected chi connectivity index (χ3v) is 2.88. The summed E-state index contributed by atoms with van der Waals surface area (Å²) in [6.07, 6.45) is 3.24. The van der Waals surface area contributed by atoms with Crippen molar-refractivity contribution in [2.45, 2.75) is 6.92 Å². The van der Waals surface area contributed by atoms with Crippen molar-refractivity contribution >= 4 is 11.3 Å². The van der Waals surface area contributed by atoms with Crippen LogP contribution in [0.1, 0.15) is 6.92 Å². The van der Waals surface area contributed by atoms with E-state index in [0.29, 0.717) is 29.5 Å². The van der Waals surface area contributed by atoms with Crippen molar-refractivity contribution < 1.29 is 9.47 Å². The highest BCUT2D eigenvalue weighted by molar-refractivity contribution is 5.75. The molecule has 6 nitrogen and oxygen atoms in total. The molecular weight excluding hydrogens is 256 g/mol. The standard InChI is InChI=1S/C14H14N4O2/c1-3-20-11-8-9(19-2)4-5-10(11)12-17-13-14(18-12)16-7-6-15-13/h4-8H,3H2,1-2H3,(H,15,16,17,18). The topological polar surface area (TPSA) is 72.9 Å². The number of nitrogens with one attached hydrogen (secondary N) is 1. The van der Waals surface area contributed by atoms with Crippen LogP contribution in [0.25, 0.3) is 22.7 Å². The average molecular weight is 270 g/mol. The Kier molecular flexibility index (Phi) is 3.20. The minimum atomic E-state index is 0.566. The Morgan fingerprint density at radius 1 is 1.20 bits per heavy atom. The van der Waals surface area contributed by atoms with Crippen LogP contribution in [0, 0.1) is 0 Å². The zero-order valence-electron chi connectivity index (χ0n) is 11.3. The molecule has 0 saturated heterocycles. The number of methoxy groups -OCH3 is 1. The van der Waals surface area contributed by atoms with Crippen LogP contribution in [0.2, 0.25) is 0 Å². The number of benzene rings is 1. The van der Waals surface area contributed by atoms with Gasteiger partial charge in [0.25, 0.3) is 0 Å². The molecule has 3 aromatic rings. The zero-order valence-corrected chi connectivity index (χ0v) is 11.3. The van der Waals surface area contributed by atoms with Crippen LogP contribution in [-0.4, -0.2) is 33.7 Å². The summed E-state index contributed by atoms with van der Waals surface area (Å²) in [6, 6.07) is 5.61. The third kappa shape index (κ3) is 2.16. The number of rotatable bonds is 4. The summed E-state index contributed by atoms with van der Waals surface area (Å²) < 4.78 is 10.9. The van der Waals surface area contributed by atoms with Crippen LogP contribution in [0.4, 0.5) is 0 Å². The highest BCUT2D eigenvalue weighted by atomic mass is 16.5. The smallest absolute Gasteiger partial charge is 0.197 e. The van der Waals surface area contributed by atoms with Crippen molar-refractivity contribution in [3.8, 4) is 22.9 Å². The van der Waals surface area contributed by atoms with Gasteiger partial charge in [0.2, 0.25) is 0 Å². The van der Waals surface area contributed by atoms with E-state index < -0.39 is 0 Å². The van der Waals surface area contributed by atoms with Crippen molar-refractivity contribution in [1.29, 1.82) is 0 Å². The highest BCUT2D eigenvalue weighted by Crippen LogP contribution is 2.32. The Balaban J connectivity index is 2.12. The van der Waals surface area contributed by atoms with Gasteiger partial charge in [-0.25, -0.2) is 15.0 Å². The van der Waals surface area contributed by atoms with Crippen LogP contribution >= 0.6 is 0 Å². The lowest BCUT2D eigenvalue weighted by Crippen LogP contribution is -1.96. The van der Waals surface area contributed by atoms with Gasteiger partial charge >= 0.3 is 0 Å². The van der Waals surface area contributed by atoms with Crippen LogP contribution in [0.3, 0.4) is 0 Å². The Bertz CT molecular complexity index is 706. The van der Waals surface area contributed by atoms with Crippen molar-refractivity contribution in [2.75, 3.05) is 13.7 Å². The molecule has 3 rings (SSSR count). The quantitative estimate of drug-likeness (QED) is 0.788. The number of aromatic amines is 1. The summed E-state index contributed by atoms with van der Waals surface area (Å²) >= 11 is 0. The van der Waals surface area contributed by atoms with E-state index in [9.17, 15) is 0 Å². The lowest BCUT2D eigenvalue weighted by molar-refractivity contribution is 0.337. The first kappa shape index (κ1) is 12.4. The van der Waals surface area contributed by atoms with E-state index in [0.717, 1.165) is 11.3 Å². The van der Waals surface area contributed by atoms with Gasteiger partial charge in [0.1, 0.15) is 17.3 Å². The van der Waals surface area contributed by atoms with Crippen LogP contribution in [0.5, 0.6) is 11.5 Å². The zero-order chi connectivity index (χ0) is 13.9. The van der Waals surface area contributed by atoms with Gasteiger partial charge in [-0.05, 0) is 19.1 Å². The molecule has 0 fully saturated rings. The first-order chi connectivity index (χ1) is 9.81. The second kappa shape index (κ2) is 5.16. The second-order valence-electron chi connectivity index (χ2n) is 4.11. The van der Waals surface area contributed by atoms with E-state index >= 15 is 0 Å². The monoisotopic (exact) mass is 270 g/mol. The third-order valence-electron chi connectivity index (χ3n) is 2.88. The number of hydrogen-bond donors (Lipinski definition) is 1. The summed E-state index contributed by atoms with van der Waals surface area (Å²) in [5.41, 5.74) is 2.09. The van der Waals surface area contributed by atoms with Crippen molar-refractivity contribution in [2.24, 2.45) is 0 Å². The van der Waals surface area contributed by atoms with Gasteiger partial charge in [-0.15, -0.1) is 0 Å². The number of hydrogen-bond acceptors (Lipinski definition) is 5. The van der Waals surface area contributed by atoms with Gasteiger partial charge in [-0.2, -0.15) is 0 Å². The molecule has 0 aliphatic rings. The van der Waals surface area contributed by atoms with Gasteiger partial charge in [0.15, 0.2) is 11.3 Å². The summed E-state index contributed by atoms with van der Waals surface area (Å²) in [6.45, 7) is 2.50. The van der Waals surface area contributed by atoms with E-state index in [1.807, 2.05) is 25.1 Å². The predicted octanol–water partition coefficient (Wildman–Crippen LogP) is 2.43. The SMILES string of the molecule is CCOc1cc(OC)ccc1-c1nc2nccnc2[nH]1. The van der Waals surface area contributed by atoms with Crippen molar-refractivity contribution in [3.05, 3.63) is 30.6 Å². The van der Waals surface area contributed by atoms with E-state index in [4.69, 9.17) is 9.47 Å². The van der Waals surface area contributed by atoms with Gasteiger partial charge in [-0.1, -0.05) is 0 Å². The Morgan fingerprint density at radius 2 is 2.05 bits per heavy atom. The minimum absolute atomic E-state index is 0.566. The summed E-state index contributed by atoms with van der Waals surface area (Å²) in [5, 5.41) is 0. The number of ether oxygens (including phenoxy) is 2. The Morgan fingerprint density at radius 3 is 2.80 bits per heavy atom. The van der Waals surface area contributed by atoms with Gasteiger partial charge in [0, 0.05) is 18.5 Å². The van der Waals surface area contributed by atoms with E-state index in [2.05, 4.69) is 19.9 Å². The number of imidazole rings is 1. The maximum absolute atomic E-state index is 5.65. The average Bonchev–Trinajstić information content (AvgIpc) is 2.91. The molecule has 20 heavy (non-hydrogen) atoms. The summed E-state index contributed by atoms with van der Waals surface area (Å²) in [7, 11) is 1.62. The van der Waals surface area contributed by atoms with Gasteiger partial charge in [0.05, 0.1) is 19.3 Å². The molecule has 0 unspecified atom stereocenters. The molecular formula is C14H14N4O2. The Labute approximate surface area is 115 Å². The molecule has 0 amide bonds. The number of aromatic nitrogens is 4. The fourth-order valence-electron chi connectivity index (χ4n) is 1.97. The highest BCUT2D eigenvalue weighted by Gasteiger charge is 2.13. The van der Waals surface area contributed by atoms with E-state index in [1.165, 1.54) is 0 Å². The Hall–Kier alpha value is -2.63. The predicted molar refractivity (Wildman–Crippen MR) is 74.8 cm³/mol. The molecule has 1 N–H and O–H groups in total. The largest absolute Gasteiger partial charge is 0.497 e. The first-order valence-electron chi connectivity index (χ1n) is 6.29. The minimum Gasteiger partial charge on any atom is -0.497 e. The maximum atomic E-state index is 5.65. The number of nitrogens with zero attached hydrogens (tertiary/aromatic N) is 3. The van der Waals surface area contributed by atoms with Crippen LogP contribution < -0.4 is 9.47 Å². The molecule has 0 spiro atoms. The van der Waals surface area contributed by atoms with Crippen LogP contribution in [-0.2, 0) is 0 Å². The molecule has 2 aromatic heterocycles. The molecule has 102 valence electrons. The maximum Gasteiger partial charge on any atom is 0.197 e. The molecule has 1 aromatic carbocycles. The van der Waals surface area contributed by atoms with Crippen LogP contribution in [0.15, 0.2) is 30.6 Å². The van der Waals surface area contributed by atoms with Gasteiger partial charge < -0.3 is 14.5 Å². The molecule has 0 aliphatic heterocycles. The lowest BCUT2D eigenvalue weighted by Gasteiger charge is -2.10. The molecule has 0 radical (unpaired) electrons. The van der Waals surface area contributed by atoms with E-state index in [-0.39, 0.29) is 0 Å². The first-order valence-corrected chi connectivity index (χ1v) is 6.29. The molecule has 0 atom stereocenters. The summed E-state index contributed by atoms with van der Waals surface area (Å²) in [4.78, 5) is 15.9. The molecule has 6 heteroatoms. The molecule has 0 saturated carbocycles. The van der Waals surface area contributed by atoms with Crippen molar-refractivity contribution in [3.63, 3.8) is 0 Å². The van der Waals surface area contributed by atoms with Gasteiger partial charge in [-0.3, -0.25) is 0 Å². The fourth-order valence-corrected chi connectivity index (χ4v) is 1.97. The second-order valence-corrected chi connectivity index (χ2v) is 4.11. The number of fused-ring (bicyclic) bond motifs is 1. The normalized spacial score (nSPS) is 10.7. The van der Waals surface area contributed by atoms with E-state index in [1.54, 1.807) is 19.5 Å². The summed E-state index contributed by atoms with van der Waals surface area (Å²) in [5.74, 6) is 2.13. The fraction of sp³-hybridized carbons (Fsp3) is 0.214. The molecule has 2 heterocycles. The molecule has 0 aliphatic carbocycles. The number of H-pyrrole nitrogens is 1. The molecule has 0 bridgehead atoms.